The first kappa shape index (κ1) is 17.9. The van der Waals surface area contributed by atoms with E-state index in [1.165, 1.54) is 0 Å². The summed E-state index contributed by atoms with van der Waals surface area (Å²) in [5.74, 6) is -1.02. The number of carbonyl (C=O) groups excluding carboxylic acids is 2. The fraction of sp³-hybridized carbons (Fsp3) is 0.846. The molecule has 19 heavy (non-hydrogen) atoms. The first-order chi connectivity index (χ1) is 9.10. The van der Waals surface area contributed by atoms with Crippen molar-refractivity contribution in [2.24, 2.45) is 5.73 Å². The van der Waals surface area contributed by atoms with E-state index in [0.29, 0.717) is 26.2 Å². The standard InChI is InChI=1S/C13H28N4O2/c1-4-16(5-2)10-7-11-17(6-3)13(19)12(18)15-9-8-14/h4-11,14H2,1-3H3,(H,15,18). The second-order valence-corrected chi connectivity index (χ2v) is 4.31. The molecule has 0 saturated carbocycles. The average Bonchev–Trinajstić information content (AvgIpc) is 2.44. The zero-order chi connectivity index (χ0) is 14.7. The average molecular weight is 272 g/mol. The molecule has 6 heteroatoms. The number of amides is 2. The van der Waals surface area contributed by atoms with Gasteiger partial charge in [0, 0.05) is 26.2 Å². The fourth-order valence-electron chi connectivity index (χ4n) is 1.83. The number of nitrogens with one attached hydrogen (secondary N) is 1. The third kappa shape index (κ3) is 7.12. The van der Waals surface area contributed by atoms with Gasteiger partial charge in [0.15, 0.2) is 0 Å². The molecule has 0 saturated heterocycles. The molecule has 0 heterocycles. The number of nitrogens with two attached hydrogens (primary N) is 1. The van der Waals surface area contributed by atoms with E-state index in [0.717, 1.165) is 26.1 Å². The predicted molar refractivity (Wildman–Crippen MR) is 76.7 cm³/mol. The Kier molecular flexibility index (Phi) is 10.1. The molecule has 6 nitrogen and oxygen atoms in total. The lowest BCUT2D eigenvalue weighted by atomic mass is 10.3. The molecule has 0 atom stereocenters. The van der Waals surface area contributed by atoms with E-state index in [9.17, 15) is 9.59 Å². The van der Waals surface area contributed by atoms with Gasteiger partial charge in [0.25, 0.3) is 0 Å². The Balaban J connectivity index is 4.11. The highest BCUT2D eigenvalue weighted by atomic mass is 16.2. The van der Waals surface area contributed by atoms with Gasteiger partial charge in [-0.1, -0.05) is 13.8 Å². The summed E-state index contributed by atoms with van der Waals surface area (Å²) in [6.07, 6.45) is 0.880. The number of likely N-dealkylation sites (N-methyl/N-ethyl adjacent to an activating group) is 1. The van der Waals surface area contributed by atoms with Gasteiger partial charge >= 0.3 is 11.8 Å². The van der Waals surface area contributed by atoms with Gasteiger partial charge in [-0.2, -0.15) is 0 Å². The summed E-state index contributed by atoms with van der Waals surface area (Å²) in [4.78, 5) is 27.3. The van der Waals surface area contributed by atoms with Gasteiger partial charge < -0.3 is 20.9 Å². The molecule has 0 unspecified atom stereocenters. The molecular formula is C13H28N4O2. The molecule has 0 aliphatic rings. The van der Waals surface area contributed by atoms with E-state index in [1.807, 2.05) is 6.92 Å². The van der Waals surface area contributed by atoms with Gasteiger partial charge in [-0.25, -0.2) is 0 Å². The van der Waals surface area contributed by atoms with Crippen molar-refractivity contribution >= 4 is 11.8 Å². The molecule has 0 rings (SSSR count). The Hall–Kier alpha value is -1.14. The summed E-state index contributed by atoms with van der Waals surface area (Å²) in [7, 11) is 0. The van der Waals surface area contributed by atoms with Crippen molar-refractivity contribution in [1.82, 2.24) is 15.1 Å². The summed E-state index contributed by atoms with van der Waals surface area (Å²) in [6.45, 7) is 10.9. The van der Waals surface area contributed by atoms with E-state index in [1.54, 1.807) is 4.90 Å². The minimum absolute atomic E-state index is 0.335. The molecule has 0 radical (unpaired) electrons. The molecule has 0 aliphatic heterocycles. The maximum Gasteiger partial charge on any atom is 0.311 e. The molecule has 0 fully saturated rings. The van der Waals surface area contributed by atoms with Crippen LogP contribution in [0, 0.1) is 0 Å². The van der Waals surface area contributed by atoms with Crippen LogP contribution in [0.4, 0.5) is 0 Å². The lowest BCUT2D eigenvalue weighted by Gasteiger charge is -2.23. The Labute approximate surface area is 116 Å². The van der Waals surface area contributed by atoms with E-state index in [-0.39, 0.29) is 0 Å². The smallest absolute Gasteiger partial charge is 0.311 e. The molecule has 2 amide bonds. The van der Waals surface area contributed by atoms with Crippen molar-refractivity contribution in [3.05, 3.63) is 0 Å². The van der Waals surface area contributed by atoms with Crippen LogP contribution in [-0.2, 0) is 9.59 Å². The molecular weight excluding hydrogens is 244 g/mol. The summed E-state index contributed by atoms with van der Waals surface area (Å²) < 4.78 is 0. The van der Waals surface area contributed by atoms with Crippen molar-refractivity contribution in [3.63, 3.8) is 0 Å². The highest BCUT2D eigenvalue weighted by Gasteiger charge is 2.19. The van der Waals surface area contributed by atoms with Crippen LogP contribution in [0.3, 0.4) is 0 Å². The molecule has 0 bridgehead atoms. The van der Waals surface area contributed by atoms with Crippen LogP contribution in [0.15, 0.2) is 0 Å². The highest BCUT2D eigenvalue weighted by Crippen LogP contribution is 1.96. The largest absolute Gasteiger partial charge is 0.347 e. The van der Waals surface area contributed by atoms with Gasteiger partial charge in [-0.15, -0.1) is 0 Å². The van der Waals surface area contributed by atoms with Crippen LogP contribution in [0.25, 0.3) is 0 Å². The van der Waals surface area contributed by atoms with Gasteiger partial charge in [-0.05, 0) is 33.0 Å². The van der Waals surface area contributed by atoms with E-state index >= 15 is 0 Å². The van der Waals surface area contributed by atoms with Gasteiger partial charge in [0.05, 0.1) is 0 Å². The van der Waals surface area contributed by atoms with Gasteiger partial charge in [0.1, 0.15) is 0 Å². The second kappa shape index (κ2) is 10.8. The normalized spacial score (nSPS) is 10.6. The van der Waals surface area contributed by atoms with Crippen LogP contribution in [0.5, 0.6) is 0 Å². The Morgan fingerprint density at radius 1 is 1.05 bits per heavy atom. The fourth-order valence-corrected chi connectivity index (χ4v) is 1.83. The van der Waals surface area contributed by atoms with E-state index < -0.39 is 11.8 Å². The van der Waals surface area contributed by atoms with E-state index in [4.69, 9.17) is 5.73 Å². The molecule has 0 aromatic heterocycles. The maximum absolute atomic E-state index is 11.9. The molecule has 0 aromatic carbocycles. The van der Waals surface area contributed by atoms with Crippen molar-refractivity contribution in [2.45, 2.75) is 27.2 Å². The minimum Gasteiger partial charge on any atom is -0.347 e. The number of hydrogen-bond donors (Lipinski definition) is 2. The monoisotopic (exact) mass is 272 g/mol. The first-order valence-electron chi connectivity index (χ1n) is 7.10. The molecule has 0 aromatic rings. The molecule has 112 valence electrons. The van der Waals surface area contributed by atoms with Crippen LogP contribution < -0.4 is 11.1 Å². The van der Waals surface area contributed by atoms with Crippen LogP contribution in [0.2, 0.25) is 0 Å². The van der Waals surface area contributed by atoms with Crippen LogP contribution in [-0.4, -0.2) is 67.4 Å². The zero-order valence-corrected chi connectivity index (χ0v) is 12.4. The number of hydrogen-bond acceptors (Lipinski definition) is 4. The molecule has 0 spiro atoms. The second-order valence-electron chi connectivity index (χ2n) is 4.31. The zero-order valence-electron chi connectivity index (χ0n) is 12.4. The molecule has 3 N–H and O–H groups in total. The highest BCUT2D eigenvalue weighted by molar-refractivity contribution is 6.34. The Bertz CT molecular complexity index is 267. The topological polar surface area (TPSA) is 78.7 Å². The minimum atomic E-state index is -0.560. The summed E-state index contributed by atoms with van der Waals surface area (Å²) in [6, 6.07) is 0. The van der Waals surface area contributed by atoms with Crippen LogP contribution >= 0.6 is 0 Å². The first-order valence-corrected chi connectivity index (χ1v) is 7.10. The summed E-state index contributed by atoms with van der Waals surface area (Å²) in [5.41, 5.74) is 5.28. The third-order valence-electron chi connectivity index (χ3n) is 3.09. The Morgan fingerprint density at radius 3 is 2.16 bits per heavy atom. The van der Waals surface area contributed by atoms with E-state index in [2.05, 4.69) is 24.1 Å². The third-order valence-corrected chi connectivity index (χ3v) is 3.09. The number of nitrogens with zero attached hydrogens (tertiary/aromatic N) is 2. The van der Waals surface area contributed by atoms with Crippen molar-refractivity contribution in [3.8, 4) is 0 Å². The van der Waals surface area contributed by atoms with Crippen molar-refractivity contribution in [1.29, 1.82) is 0 Å². The van der Waals surface area contributed by atoms with Crippen LogP contribution in [0.1, 0.15) is 27.2 Å². The quantitative estimate of drug-likeness (QED) is 0.562. The Morgan fingerprint density at radius 2 is 1.68 bits per heavy atom. The van der Waals surface area contributed by atoms with Crippen molar-refractivity contribution < 1.29 is 9.59 Å². The lowest BCUT2D eigenvalue weighted by molar-refractivity contribution is -0.145. The van der Waals surface area contributed by atoms with Crippen molar-refractivity contribution in [2.75, 3.05) is 45.8 Å². The maximum atomic E-state index is 11.9. The lowest BCUT2D eigenvalue weighted by Crippen LogP contribution is -2.45. The van der Waals surface area contributed by atoms with Gasteiger partial charge in [0.2, 0.25) is 0 Å². The SMILES string of the molecule is CCN(CC)CCCN(CC)C(=O)C(=O)NCCN. The number of rotatable bonds is 9. The predicted octanol–water partition coefficient (Wildman–Crippen LogP) is -0.358. The molecule has 0 aliphatic carbocycles. The number of carbonyl (C=O) groups is 2. The summed E-state index contributed by atoms with van der Waals surface area (Å²) in [5, 5.41) is 2.50. The van der Waals surface area contributed by atoms with Gasteiger partial charge in [-0.3, -0.25) is 9.59 Å². The summed E-state index contributed by atoms with van der Waals surface area (Å²) >= 11 is 0.